The van der Waals surface area contributed by atoms with Crippen LogP contribution in [0.5, 0.6) is 0 Å². The number of guanidine groups is 1. The first-order valence-corrected chi connectivity index (χ1v) is 9.78. The summed E-state index contributed by atoms with van der Waals surface area (Å²) in [5, 5.41) is -0.395. The zero-order chi connectivity index (χ0) is 17.7. The van der Waals surface area contributed by atoms with Crippen molar-refractivity contribution < 1.29 is 12.8 Å². The van der Waals surface area contributed by atoms with Crippen molar-refractivity contribution in [1.82, 2.24) is 4.90 Å². The van der Waals surface area contributed by atoms with E-state index in [4.69, 9.17) is 5.73 Å². The second-order valence-corrected chi connectivity index (χ2v) is 8.78. The number of hydrogen-bond donors (Lipinski definition) is 1. The van der Waals surface area contributed by atoms with Gasteiger partial charge in [0.25, 0.3) is 0 Å². The highest BCUT2D eigenvalue weighted by Gasteiger charge is 2.19. The lowest BCUT2D eigenvalue weighted by Gasteiger charge is -2.36. The van der Waals surface area contributed by atoms with Gasteiger partial charge in [0.2, 0.25) is 0 Å². The quantitative estimate of drug-likeness (QED) is 0.391. The maximum atomic E-state index is 13.0. The second-order valence-electron chi connectivity index (χ2n) is 6.11. The molecule has 2 N–H and O–H groups in total. The second kappa shape index (κ2) is 9.56. The van der Waals surface area contributed by atoms with Gasteiger partial charge in [0.15, 0.2) is 15.8 Å². The molecule has 142 valence electrons. The predicted octanol–water partition coefficient (Wildman–Crippen LogP) is 1.70. The summed E-state index contributed by atoms with van der Waals surface area (Å²) in [6.45, 7) is 6.42. The molecular weight excluding hydrogens is 458 g/mol. The van der Waals surface area contributed by atoms with Crippen LogP contribution >= 0.6 is 24.0 Å². The molecule has 1 aliphatic rings. The van der Waals surface area contributed by atoms with Gasteiger partial charge in [0.05, 0.1) is 17.5 Å². The monoisotopic (exact) mass is 484 g/mol. The summed E-state index contributed by atoms with van der Waals surface area (Å²) in [4.78, 5) is 8.30. The molecule has 1 aromatic rings. The summed E-state index contributed by atoms with van der Waals surface area (Å²) in [5.74, 6) is 0.152. The van der Waals surface area contributed by atoms with Crippen molar-refractivity contribution in [2.45, 2.75) is 19.1 Å². The van der Waals surface area contributed by atoms with E-state index in [0.717, 1.165) is 18.8 Å². The fourth-order valence-electron chi connectivity index (χ4n) is 2.47. The highest BCUT2D eigenvalue weighted by atomic mass is 127. The fourth-order valence-corrected chi connectivity index (χ4v) is 3.29. The molecule has 1 aromatic carbocycles. The maximum absolute atomic E-state index is 13.0. The van der Waals surface area contributed by atoms with Crippen LogP contribution in [-0.4, -0.2) is 63.0 Å². The Morgan fingerprint density at radius 2 is 1.76 bits per heavy atom. The van der Waals surface area contributed by atoms with E-state index >= 15 is 0 Å². The van der Waals surface area contributed by atoms with E-state index in [1.807, 2.05) is 4.90 Å². The third-order valence-corrected chi connectivity index (χ3v) is 6.35. The van der Waals surface area contributed by atoms with Crippen molar-refractivity contribution in [3.63, 3.8) is 0 Å². The van der Waals surface area contributed by atoms with Crippen LogP contribution < -0.4 is 10.6 Å². The Morgan fingerprint density at radius 1 is 1.20 bits per heavy atom. The van der Waals surface area contributed by atoms with E-state index in [0.29, 0.717) is 19.0 Å². The average molecular weight is 484 g/mol. The van der Waals surface area contributed by atoms with E-state index in [-0.39, 0.29) is 42.1 Å². The molecule has 0 spiro atoms. The van der Waals surface area contributed by atoms with Gasteiger partial charge >= 0.3 is 0 Å². The standard InChI is InChI=1S/C16H25FN4O2S.HI/c1-13(2)24(22,23)12-7-19-16(18)21-10-8-20(9-11-21)15-5-3-14(17)4-6-15;/h3-6,13H,7-12H2,1-2H3,(H2,18,19);1H. The highest BCUT2D eigenvalue weighted by molar-refractivity contribution is 14.0. The lowest BCUT2D eigenvalue weighted by atomic mass is 10.2. The molecule has 0 atom stereocenters. The van der Waals surface area contributed by atoms with Gasteiger partial charge in [-0.1, -0.05) is 0 Å². The van der Waals surface area contributed by atoms with Crippen molar-refractivity contribution in [3.8, 4) is 0 Å². The minimum Gasteiger partial charge on any atom is -0.370 e. The van der Waals surface area contributed by atoms with Crippen LogP contribution in [0.4, 0.5) is 10.1 Å². The molecule has 25 heavy (non-hydrogen) atoms. The van der Waals surface area contributed by atoms with Crippen molar-refractivity contribution in [1.29, 1.82) is 0 Å². The Kier molecular flexibility index (Phi) is 8.39. The summed E-state index contributed by atoms with van der Waals surface area (Å²) < 4.78 is 36.5. The molecule has 0 bridgehead atoms. The zero-order valence-electron chi connectivity index (χ0n) is 14.6. The summed E-state index contributed by atoms with van der Waals surface area (Å²) in [5.41, 5.74) is 6.95. The highest BCUT2D eigenvalue weighted by Crippen LogP contribution is 2.16. The first kappa shape index (κ1) is 21.9. The third kappa shape index (κ3) is 6.28. The van der Waals surface area contributed by atoms with Crippen LogP contribution in [0, 0.1) is 5.82 Å². The van der Waals surface area contributed by atoms with Gasteiger partial charge in [-0.3, -0.25) is 4.99 Å². The van der Waals surface area contributed by atoms with E-state index in [2.05, 4.69) is 9.89 Å². The Morgan fingerprint density at radius 3 is 2.28 bits per heavy atom. The number of halogens is 2. The first-order chi connectivity index (χ1) is 11.3. The molecular formula is C16H26FIN4O2S. The zero-order valence-corrected chi connectivity index (χ0v) is 17.7. The molecule has 0 unspecified atom stereocenters. The maximum Gasteiger partial charge on any atom is 0.191 e. The van der Waals surface area contributed by atoms with Gasteiger partial charge in [-0.15, -0.1) is 24.0 Å². The average Bonchev–Trinajstić information content (AvgIpc) is 2.55. The van der Waals surface area contributed by atoms with Gasteiger partial charge in [-0.05, 0) is 38.1 Å². The molecule has 0 aliphatic carbocycles. The molecule has 0 aromatic heterocycles. The Hall–Kier alpha value is -1.10. The van der Waals surface area contributed by atoms with E-state index in [1.165, 1.54) is 12.1 Å². The Bertz CT molecular complexity index is 672. The van der Waals surface area contributed by atoms with E-state index in [9.17, 15) is 12.8 Å². The van der Waals surface area contributed by atoms with Crippen LogP contribution in [0.2, 0.25) is 0 Å². The topological polar surface area (TPSA) is 79.0 Å². The SMILES string of the molecule is CC(C)S(=O)(=O)CCN=C(N)N1CCN(c2ccc(F)cc2)CC1.I. The lowest BCUT2D eigenvalue weighted by Crippen LogP contribution is -2.51. The number of nitrogens with two attached hydrogens (primary N) is 1. The summed E-state index contributed by atoms with van der Waals surface area (Å²) in [7, 11) is -3.09. The van der Waals surface area contributed by atoms with Gasteiger partial charge in [-0.2, -0.15) is 0 Å². The number of hydrogen-bond acceptors (Lipinski definition) is 4. The summed E-state index contributed by atoms with van der Waals surface area (Å²) in [6.07, 6.45) is 0. The van der Waals surface area contributed by atoms with Gasteiger partial charge in [-0.25, -0.2) is 12.8 Å². The van der Waals surface area contributed by atoms with Gasteiger partial charge in [0, 0.05) is 31.9 Å². The molecule has 1 fully saturated rings. The number of anilines is 1. The van der Waals surface area contributed by atoms with Crippen molar-refractivity contribution in [2.75, 3.05) is 43.4 Å². The normalized spacial score (nSPS) is 16.1. The molecule has 6 nitrogen and oxygen atoms in total. The number of rotatable bonds is 5. The number of piperazine rings is 1. The van der Waals surface area contributed by atoms with Gasteiger partial charge in [0.1, 0.15) is 5.82 Å². The van der Waals surface area contributed by atoms with Crippen LogP contribution in [0.3, 0.4) is 0 Å². The smallest absolute Gasteiger partial charge is 0.191 e. The fraction of sp³-hybridized carbons (Fsp3) is 0.562. The Balaban J connectivity index is 0.00000312. The molecule has 0 amide bonds. The van der Waals surface area contributed by atoms with Gasteiger partial charge < -0.3 is 15.5 Å². The minimum absolute atomic E-state index is 0. The van der Waals surface area contributed by atoms with E-state index in [1.54, 1.807) is 26.0 Å². The lowest BCUT2D eigenvalue weighted by molar-refractivity contribution is 0.381. The molecule has 2 rings (SSSR count). The molecule has 0 saturated carbocycles. The summed E-state index contributed by atoms with van der Waals surface area (Å²) >= 11 is 0. The largest absolute Gasteiger partial charge is 0.370 e. The minimum atomic E-state index is -3.09. The van der Waals surface area contributed by atoms with E-state index < -0.39 is 15.1 Å². The molecule has 9 heteroatoms. The number of sulfone groups is 1. The van der Waals surface area contributed by atoms with Crippen LogP contribution in [0.1, 0.15) is 13.8 Å². The number of aliphatic imine (C=N–C) groups is 1. The first-order valence-electron chi connectivity index (χ1n) is 8.06. The van der Waals surface area contributed by atoms with Crippen molar-refractivity contribution in [2.24, 2.45) is 10.7 Å². The molecule has 0 radical (unpaired) electrons. The predicted molar refractivity (Wildman–Crippen MR) is 111 cm³/mol. The van der Waals surface area contributed by atoms with Crippen LogP contribution in [0.25, 0.3) is 0 Å². The van der Waals surface area contributed by atoms with Crippen molar-refractivity contribution in [3.05, 3.63) is 30.1 Å². The molecule has 1 aliphatic heterocycles. The molecule has 1 heterocycles. The van der Waals surface area contributed by atoms with Crippen LogP contribution in [0.15, 0.2) is 29.3 Å². The third-order valence-electron chi connectivity index (χ3n) is 4.16. The molecule has 1 saturated heterocycles. The number of benzene rings is 1. The van der Waals surface area contributed by atoms with Crippen LogP contribution in [-0.2, 0) is 9.84 Å². The Labute approximate surface area is 166 Å². The van der Waals surface area contributed by atoms with Crippen molar-refractivity contribution >= 4 is 45.5 Å². The summed E-state index contributed by atoms with van der Waals surface area (Å²) in [6, 6.07) is 6.43. The number of nitrogens with zero attached hydrogens (tertiary/aromatic N) is 3.